The minimum Gasteiger partial charge on any atom is -0.436 e. The number of aromatic nitrogens is 17. The van der Waals surface area contributed by atoms with E-state index in [1.54, 1.807) is 73.4 Å². The Labute approximate surface area is 591 Å². The number of halogens is 5. The molecule has 524 valence electrons. The van der Waals surface area contributed by atoms with Crippen molar-refractivity contribution in [3.63, 3.8) is 0 Å². The number of aryl methyl sites for hydroxylation is 8. The van der Waals surface area contributed by atoms with Gasteiger partial charge < -0.3 is 48.5 Å². The molecule has 0 saturated carbocycles. The Morgan fingerprint density at radius 2 is 0.922 bits per heavy atom. The van der Waals surface area contributed by atoms with E-state index in [9.17, 15) is 52.0 Å². The van der Waals surface area contributed by atoms with Gasteiger partial charge in [0.05, 0.1) is 48.0 Å². The molecular formula is C66H59B2BrF4N20O10. The van der Waals surface area contributed by atoms with Gasteiger partial charge in [0.15, 0.2) is 35.1 Å². The standard InChI is InChI=1S/C24H20FN7O2.C18H16BFN6O4.C17H14BFN6O4.C6H6BrN.CH3F/c1-13-6-5-9-26-20(13)16-11-27-24-29-22(30-32(24)12-16)18-10-17(7-8-19(18)25)31(4)23(33)21-14(2)28-15(3)34-21;1-9-15(30-10(2)22-9)17(27)25(3)12-4-5-14(20)13(6-12)16-23-18-21-7-11(19(28)29)8-26(18)24-16;1-8-14(29-9(2)21-8)16(26)22-11-3-4-13(19)12(5-11)15-23-17-20-6-10(18(27)28)7-25(17)24-15;1-5-3-2-4-8-6(5)7;1-2/h5-12H,1-4H3;4-8,28-29H,1-3H3;3-7,27-28H,1-2H3,(H,22,26);2-4H,1H3;1H3/i;;;;1D. The number of anilines is 3. The summed E-state index contributed by atoms with van der Waals surface area (Å²) < 4.78 is 80.1. The number of benzene rings is 3. The predicted molar refractivity (Wildman–Crippen MR) is 371 cm³/mol. The van der Waals surface area contributed by atoms with Crippen molar-refractivity contribution >= 4 is 93.2 Å². The van der Waals surface area contributed by atoms with Crippen LogP contribution in [0.5, 0.6) is 0 Å². The Kier molecular flexibility index (Phi) is 22.1. The maximum absolute atomic E-state index is 14.8. The number of nitrogens with zero attached hydrogens (tertiary/aromatic N) is 19. The molecule has 103 heavy (non-hydrogen) atoms. The predicted octanol–water partition coefficient (Wildman–Crippen LogP) is 7.88. The van der Waals surface area contributed by atoms with Crippen LogP contribution in [0.2, 0.25) is 0 Å². The number of hydrogen-bond acceptors (Lipinski definition) is 24. The Hall–Kier alpha value is -12.2. The van der Waals surface area contributed by atoms with Gasteiger partial charge in [-0.3, -0.25) is 23.8 Å². The summed E-state index contributed by atoms with van der Waals surface area (Å²) in [7, 11) is -1.34. The van der Waals surface area contributed by atoms with Crippen molar-refractivity contribution in [3.8, 4) is 45.4 Å². The van der Waals surface area contributed by atoms with Gasteiger partial charge in [0, 0.05) is 118 Å². The fraction of sp³-hybridized carbons (Fsp3) is 0.167. The molecular weight excluding hydrogens is 1410 g/mol. The zero-order valence-electron chi connectivity index (χ0n) is 57.1. The molecule has 14 rings (SSSR count). The molecule has 5 N–H and O–H groups in total. The third-order valence-electron chi connectivity index (χ3n) is 15.0. The third kappa shape index (κ3) is 16.7. The highest BCUT2D eigenvalue weighted by Crippen LogP contribution is 2.31. The van der Waals surface area contributed by atoms with Crippen LogP contribution in [0.1, 0.15) is 78.9 Å². The number of alkyl halides is 1. The third-order valence-corrected chi connectivity index (χ3v) is 15.8. The van der Waals surface area contributed by atoms with Gasteiger partial charge in [0.2, 0.25) is 17.3 Å². The van der Waals surface area contributed by atoms with Crippen LogP contribution in [0.3, 0.4) is 0 Å². The summed E-state index contributed by atoms with van der Waals surface area (Å²) in [6, 6.07) is 20.1. The number of rotatable bonds is 12. The lowest BCUT2D eigenvalue weighted by molar-refractivity contribution is 0.0957. The van der Waals surface area contributed by atoms with E-state index in [1.165, 1.54) is 115 Å². The average Bonchev–Trinajstić information content (AvgIpc) is 1.61. The van der Waals surface area contributed by atoms with Crippen molar-refractivity contribution in [2.45, 2.75) is 55.4 Å². The molecule has 0 saturated heterocycles. The molecule has 3 aromatic carbocycles. The molecule has 0 aliphatic rings. The second-order valence-electron chi connectivity index (χ2n) is 22.3. The summed E-state index contributed by atoms with van der Waals surface area (Å²) in [5, 5.41) is 52.3. The van der Waals surface area contributed by atoms with Crippen molar-refractivity contribution in [2.75, 3.05) is 36.4 Å². The van der Waals surface area contributed by atoms with Gasteiger partial charge >= 0.3 is 14.2 Å². The first-order valence-corrected chi connectivity index (χ1v) is 31.2. The minimum absolute atomic E-state index is 0.0161. The highest BCUT2D eigenvalue weighted by Gasteiger charge is 2.27. The van der Waals surface area contributed by atoms with Crippen molar-refractivity contribution < 1.29 is 66.7 Å². The van der Waals surface area contributed by atoms with Crippen molar-refractivity contribution in [1.29, 1.82) is 0 Å². The maximum Gasteiger partial charge on any atom is 0.491 e. The molecule has 0 fully saturated rings. The smallest absolute Gasteiger partial charge is 0.436 e. The molecule has 0 spiro atoms. The van der Waals surface area contributed by atoms with E-state index >= 15 is 0 Å². The second kappa shape index (κ2) is 31.6. The first-order valence-electron chi connectivity index (χ1n) is 31.1. The molecule has 3 amide bonds. The molecule has 37 heteroatoms. The summed E-state index contributed by atoms with van der Waals surface area (Å²) in [6.07, 6.45) is 12.0. The maximum atomic E-state index is 14.8. The van der Waals surface area contributed by atoms with Gasteiger partial charge in [-0.2, -0.15) is 15.0 Å². The van der Waals surface area contributed by atoms with E-state index in [0.29, 0.717) is 57.6 Å². The highest BCUT2D eigenvalue weighted by molar-refractivity contribution is 9.10. The molecule has 0 bridgehead atoms. The van der Waals surface area contributed by atoms with E-state index in [-0.39, 0.29) is 73.9 Å². The Balaban J connectivity index is 0.000000156. The molecule has 0 unspecified atom stereocenters. The number of carbonyl (C=O) groups excluding carboxylic acids is 3. The summed E-state index contributed by atoms with van der Waals surface area (Å²) in [4.78, 5) is 86.4. The van der Waals surface area contributed by atoms with Crippen LogP contribution in [0, 0.1) is 72.8 Å². The number of oxazole rings is 3. The van der Waals surface area contributed by atoms with Gasteiger partial charge in [-0.25, -0.2) is 61.6 Å². The van der Waals surface area contributed by atoms with Crippen LogP contribution in [-0.2, 0) is 0 Å². The topological polar surface area (TPSA) is 384 Å². The summed E-state index contributed by atoms with van der Waals surface area (Å²) in [6.45, 7) is 13.9. The summed E-state index contributed by atoms with van der Waals surface area (Å²) in [5.41, 5.74) is 6.68. The zero-order valence-corrected chi connectivity index (χ0v) is 57.7. The first-order chi connectivity index (χ1) is 49.6. The molecule has 11 heterocycles. The second-order valence-corrected chi connectivity index (χ2v) is 23.1. The van der Waals surface area contributed by atoms with Crippen LogP contribution in [0.4, 0.5) is 34.6 Å². The van der Waals surface area contributed by atoms with Crippen LogP contribution in [-0.4, -0.2) is 157 Å². The number of hydrogen-bond donors (Lipinski definition) is 5. The van der Waals surface area contributed by atoms with Gasteiger partial charge in [-0.15, -0.1) is 15.3 Å². The Morgan fingerprint density at radius 3 is 1.32 bits per heavy atom. The van der Waals surface area contributed by atoms with Gasteiger partial charge in [0.1, 0.15) is 22.1 Å². The van der Waals surface area contributed by atoms with E-state index in [1.807, 2.05) is 38.1 Å². The van der Waals surface area contributed by atoms with Crippen molar-refractivity contribution in [3.05, 3.63) is 214 Å². The summed E-state index contributed by atoms with van der Waals surface area (Å²) >= 11 is 3.28. The Bertz CT molecular complexity index is 5480. The average molecular weight is 1470 g/mol. The molecule has 0 radical (unpaired) electrons. The molecule has 14 aromatic rings. The lowest BCUT2D eigenvalue weighted by atomic mass is 9.83. The van der Waals surface area contributed by atoms with Gasteiger partial charge in [0.25, 0.3) is 35.1 Å². The van der Waals surface area contributed by atoms with Crippen molar-refractivity contribution in [2.24, 2.45) is 0 Å². The van der Waals surface area contributed by atoms with Crippen LogP contribution in [0.25, 0.3) is 62.8 Å². The monoisotopic (exact) mass is 1470 g/mol. The molecule has 0 aliphatic heterocycles. The van der Waals surface area contributed by atoms with E-state index in [2.05, 4.69) is 91.4 Å². The first kappa shape index (κ1) is 72.1. The SMILES string of the molecule is Cc1cccnc1Br.Cc1nc(C)c(C(=O)N(C)c2ccc(F)c(-c3nc4ncc(-c5ncccc5C)cn4n3)c2)o1.Cc1nc(C)c(C(=O)N(C)c2ccc(F)c(-c3nc4ncc(B(O)O)cn4n3)c2)o1.Cc1nc(C)c(C(=O)Nc2ccc(F)c(-c3nc4ncc(B(O)O)cn4n3)c2)o1.[2H]CF. The van der Waals surface area contributed by atoms with Crippen LogP contribution < -0.4 is 26.0 Å². The fourth-order valence-corrected chi connectivity index (χ4v) is 10.1. The van der Waals surface area contributed by atoms with Gasteiger partial charge in [-0.05, 0) is 128 Å². The number of fused-ring (bicyclic) bond motifs is 3. The van der Waals surface area contributed by atoms with Gasteiger partial charge in [-0.1, -0.05) is 12.1 Å². The number of pyridine rings is 2. The lowest BCUT2D eigenvalue weighted by Gasteiger charge is -2.17. The molecule has 0 atom stereocenters. The Morgan fingerprint density at radius 1 is 0.524 bits per heavy atom. The lowest BCUT2D eigenvalue weighted by Crippen LogP contribution is -2.31. The normalized spacial score (nSPS) is 11.0. The van der Waals surface area contributed by atoms with Crippen molar-refractivity contribution in [1.82, 2.24) is 83.7 Å². The van der Waals surface area contributed by atoms with Crippen LogP contribution in [0.15, 0.2) is 146 Å². The quantitative estimate of drug-likeness (QED) is 0.0441. The van der Waals surface area contributed by atoms with E-state index in [0.717, 1.165) is 21.4 Å². The zero-order chi connectivity index (χ0) is 75.0. The van der Waals surface area contributed by atoms with E-state index in [4.69, 9.17) is 14.6 Å². The highest BCUT2D eigenvalue weighted by atomic mass is 79.9. The van der Waals surface area contributed by atoms with E-state index < -0.39 is 56.6 Å². The largest absolute Gasteiger partial charge is 0.491 e. The number of carbonyl (C=O) groups is 3. The fourth-order valence-electron chi connectivity index (χ4n) is 9.85. The minimum atomic E-state index is -1.72. The summed E-state index contributed by atoms with van der Waals surface area (Å²) in [5.74, 6) is -0.824. The number of amides is 3. The molecule has 11 aromatic heterocycles. The molecule has 0 aliphatic carbocycles. The molecule has 30 nitrogen and oxygen atoms in total. The number of nitrogens with one attached hydrogen (secondary N) is 1. The van der Waals surface area contributed by atoms with Crippen LogP contribution >= 0.6 is 15.9 Å².